The maximum atomic E-state index is 12.8. The van der Waals surface area contributed by atoms with Crippen LogP contribution in [0, 0.1) is 5.92 Å². The Hall–Kier alpha value is -1.79. The van der Waals surface area contributed by atoms with Crippen LogP contribution in [0.5, 0.6) is 5.75 Å². The van der Waals surface area contributed by atoms with Crippen LogP contribution in [-0.2, 0) is 12.8 Å². The Balaban J connectivity index is 1.56. The zero-order valence-corrected chi connectivity index (χ0v) is 16.8. The third-order valence-corrected chi connectivity index (χ3v) is 5.80. The van der Waals surface area contributed by atoms with E-state index in [-0.39, 0.29) is 12.1 Å². The van der Waals surface area contributed by atoms with Crippen LogP contribution in [0.4, 0.5) is 10.5 Å². The van der Waals surface area contributed by atoms with Gasteiger partial charge in [-0.25, -0.2) is 4.79 Å². The Morgan fingerprint density at radius 2 is 2.11 bits per heavy atom. The number of piperidine rings is 1. The Bertz CT molecular complexity index is 654. The Kier molecular flexibility index (Phi) is 6.60. The van der Waals surface area contributed by atoms with Gasteiger partial charge in [-0.1, -0.05) is 6.07 Å². The molecule has 2 amide bonds. The smallest absolute Gasteiger partial charge is 0.321 e. The lowest BCUT2D eigenvalue weighted by Crippen LogP contribution is -2.42. The molecule has 0 aromatic heterocycles. The van der Waals surface area contributed by atoms with Crippen molar-refractivity contribution in [2.75, 3.05) is 45.7 Å². The SMILES string of the molecule is COc1ccc2c(c1NC(=O)N(C)CC1CCN(C[C@@H](C)O)CC1)CCC2. The number of methoxy groups -OCH3 is 1. The van der Waals surface area contributed by atoms with Gasteiger partial charge in [-0.05, 0) is 75.2 Å². The number of ether oxygens (including phenoxy) is 1. The third kappa shape index (κ3) is 4.93. The molecule has 27 heavy (non-hydrogen) atoms. The molecule has 0 bridgehead atoms. The standard InChI is InChI=1S/C21H33N3O3/c1-15(25)13-24-11-9-16(10-12-24)14-23(2)21(26)22-20-18-6-4-5-17(18)7-8-19(20)27-3/h7-8,15-16,25H,4-6,9-14H2,1-3H3,(H,22,26)/t15-/m1/s1. The lowest BCUT2D eigenvalue weighted by atomic mass is 9.96. The van der Waals surface area contributed by atoms with E-state index >= 15 is 0 Å². The number of β-amino-alcohol motifs (C(OH)–C–C–N with tert-alkyl or cyclic N) is 1. The number of carbonyl (C=O) groups is 1. The topological polar surface area (TPSA) is 65.0 Å². The molecule has 1 saturated heterocycles. The van der Waals surface area contributed by atoms with Crippen LogP contribution in [-0.4, -0.2) is 67.4 Å². The highest BCUT2D eigenvalue weighted by molar-refractivity contribution is 5.92. The first kappa shape index (κ1) is 20.0. The van der Waals surface area contributed by atoms with E-state index in [1.54, 1.807) is 12.0 Å². The number of hydrogen-bond donors (Lipinski definition) is 2. The lowest BCUT2D eigenvalue weighted by Gasteiger charge is -2.34. The van der Waals surface area contributed by atoms with E-state index in [0.717, 1.165) is 69.7 Å². The number of hydrogen-bond acceptors (Lipinski definition) is 4. The molecule has 0 radical (unpaired) electrons. The normalized spacial score (nSPS) is 18.8. The molecule has 0 unspecified atom stereocenters. The van der Waals surface area contributed by atoms with Gasteiger partial charge < -0.3 is 25.0 Å². The van der Waals surface area contributed by atoms with Gasteiger partial charge >= 0.3 is 6.03 Å². The van der Waals surface area contributed by atoms with Gasteiger partial charge in [0.05, 0.1) is 18.9 Å². The van der Waals surface area contributed by atoms with Gasteiger partial charge in [0, 0.05) is 20.1 Å². The van der Waals surface area contributed by atoms with Crippen molar-refractivity contribution in [3.8, 4) is 5.75 Å². The average molecular weight is 376 g/mol. The zero-order chi connectivity index (χ0) is 19.4. The molecular weight excluding hydrogens is 342 g/mol. The van der Waals surface area contributed by atoms with Gasteiger partial charge in [-0.15, -0.1) is 0 Å². The molecule has 2 N–H and O–H groups in total. The van der Waals surface area contributed by atoms with E-state index in [1.165, 1.54) is 11.1 Å². The van der Waals surface area contributed by atoms with Crippen molar-refractivity contribution in [2.24, 2.45) is 5.92 Å². The second kappa shape index (κ2) is 8.93. The largest absolute Gasteiger partial charge is 0.495 e. The molecule has 3 rings (SSSR count). The van der Waals surface area contributed by atoms with Crippen molar-refractivity contribution in [3.63, 3.8) is 0 Å². The molecule has 0 saturated carbocycles. The lowest BCUT2D eigenvalue weighted by molar-refractivity contribution is 0.0951. The van der Waals surface area contributed by atoms with E-state index in [2.05, 4.69) is 16.3 Å². The summed E-state index contributed by atoms with van der Waals surface area (Å²) in [7, 11) is 3.52. The summed E-state index contributed by atoms with van der Waals surface area (Å²) < 4.78 is 5.49. The summed E-state index contributed by atoms with van der Waals surface area (Å²) in [4.78, 5) is 16.9. The summed E-state index contributed by atoms with van der Waals surface area (Å²) in [5.41, 5.74) is 3.39. The number of amides is 2. The molecule has 1 fully saturated rings. The van der Waals surface area contributed by atoms with Crippen LogP contribution in [0.25, 0.3) is 0 Å². The monoisotopic (exact) mass is 375 g/mol. The highest BCUT2D eigenvalue weighted by Gasteiger charge is 2.24. The van der Waals surface area contributed by atoms with E-state index in [1.807, 2.05) is 20.0 Å². The van der Waals surface area contributed by atoms with Gasteiger partial charge in [0.1, 0.15) is 5.75 Å². The average Bonchev–Trinajstić information content (AvgIpc) is 3.12. The summed E-state index contributed by atoms with van der Waals surface area (Å²) in [6, 6.07) is 4.00. The van der Waals surface area contributed by atoms with Gasteiger partial charge in [0.2, 0.25) is 0 Å². The van der Waals surface area contributed by atoms with E-state index in [9.17, 15) is 9.90 Å². The molecule has 1 atom stereocenters. The molecule has 6 nitrogen and oxygen atoms in total. The first-order valence-electron chi connectivity index (χ1n) is 10.1. The number of nitrogens with zero attached hydrogens (tertiary/aromatic N) is 2. The summed E-state index contributed by atoms with van der Waals surface area (Å²) in [6.07, 6.45) is 5.05. The molecule has 1 heterocycles. The fraction of sp³-hybridized carbons (Fsp3) is 0.667. The van der Waals surface area contributed by atoms with Crippen molar-refractivity contribution in [1.29, 1.82) is 0 Å². The minimum Gasteiger partial charge on any atom is -0.495 e. The molecule has 150 valence electrons. The number of anilines is 1. The Labute approximate surface area is 162 Å². The second-order valence-electron chi connectivity index (χ2n) is 8.04. The predicted octanol–water partition coefficient (Wildman–Crippen LogP) is 2.74. The van der Waals surface area contributed by atoms with Crippen LogP contribution in [0.15, 0.2) is 12.1 Å². The van der Waals surface area contributed by atoms with Crippen molar-refractivity contribution in [2.45, 2.75) is 45.1 Å². The summed E-state index contributed by atoms with van der Waals surface area (Å²) >= 11 is 0. The number of urea groups is 1. The first-order valence-corrected chi connectivity index (χ1v) is 10.1. The molecule has 1 aliphatic heterocycles. The summed E-state index contributed by atoms with van der Waals surface area (Å²) in [5, 5.41) is 12.6. The molecule has 1 aromatic rings. The Morgan fingerprint density at radius 1 is 1.37 bits per heavy atom. The minimum absolute atomic E-state index is 0.0694. The third-order valence-electron chi connectivity index (χ3n) is 5.80. The van der Waals surface area contributed by atoms with Crippen molar-refractivity contribution >= 4 is 11.7 Å². The van der Waals surface area contributed by atoms with Crippen molar-refractivity contribution < 1.29 is 14.6 Å². The van der Waals surface area contributed by atoms with Crippen LogP contribution < -0.4 is 10.1 Å². The summed E-state index contributed by atoms with van der Waals surface area (Å²) in [6.45, 7) is 5.31. The van der Waals surface area contributed by atoms with Crippen molar-refractivity contribution in [1.82, 2.24) is 9.80 Å². The van der Waals surface area contributed by atoms with Crippen LogP contribution in [0.1, 0.15) is 37.3 Å². The molecule has 6 heteroatoms. The minimum atomic E-state index is -0.280. The molecule has 2 aliphatic rings. The van der Waals surface area contributed by atoms with Crippen LogP contribution >= 0.6 is 0 Å². The fourth-order valence-corrected chi connectivity index (χ4v) is 4.35. The maximum absolute atomic E-state index is 12.8. The number of fused-ring (bicyclic) bond motifs is 1. The van der Waals surface area contributed by atoms with Gasteiger partial charge in [0.25, 0.3) is 0 Å². The van der Waals surface area contributed by atoms with Crippen LogP contribution in [0.3, 0.4) is 0 Å². The van der Waals surface area contributed by atoms with Gasteiger partial charge in [-0.3, -0.25) is 0 Å². The fourth-order valence-electron chi connectivity index (χ4n) is 4.35. The Morgan fingerprint density at radius 3 is 2.78 bits per heavy atom. The van der Waals surface area contributed by atoms with Gasteiger partial charge in [-0.2, -0.15) is 0 Å². The maximum Gasteiger partial charge on any atom is 0.321 e. The second-order valence-corrected chi connectivity index (χ2v) is 8.04. The number of rotatable bonds is 6. The number of aryl methyl sites for hydroxylation is 1. The molecule has 1 aromatic carbocycles. The quantitative estimate of drug-likeness (QED) is 0.802. The molecule has 0 spiro atoms. The first-order chi connectivity index (χ1) is 13.0. The number of aliphatic hydroxyl groups excluding tert-OH is 1. The van der Waals surface area contributed by atoms with Gasteiger partial charge in [0.15, 0.2) is 0 Å². The van der Waals surface area contributed by atoms with E-state index < -0.39 is 0 Å². The highest BCUT2D eigenvalue weighted by atomic mass is 16.5. The van der Waals surface area contributed by atoms with E-state index in [4.69, 9.17) is 4.74 Å². The molecule has 1 aliphatic carbocycles. The summed E-state index contributed by atoms with van der Waals surface area (Å²) in [5.74, 6) is 1.25. The molecular formula is C21H33N3O3. The van der Waals surface area contributed by atoms with Crippen LogP contribution in [0.2, 0.25) is 0 Å². The highest BCUT2D eigenvalue weighted by Crippen LogP contribution is 2.36. The number of nitrogens with one attached hydrogen (secondary N) is 1. The number of aliphatic hydroxyl groups is 1. The number of carbonyl (C=O) groups excluding carboxylic acids is 1. The number of likely N-dealkylation sites (tertiary alicyclic amines) is 1. The predicted molar refractivity (Wildman–Crippen MR) is 108 cm³/mol. The van der Waals surface area contributed by atoms with E-state index in [0.29, 0.717) is 5.92 Å². The zero-order valence-electron chi connectivity index (χ0n) is 16.8. The number of benzene rings is 1. The van der Waals surface area contributed by atoms with Crippen molar-refractivity contribution in [3.05, 3.63) is 23.3 Å².